The maximum Gasteiger partial charge on any atom is 0.253 e. The number of carbonyl (C=O) groups excluding carboxylic acids is 1. The zero-order valence-corrected chi connectivity index (χ0v) is 12.9. The Morgan fingerprint density at radius 1 is 1.13 bits per heavy atom. The van der Waals surface area contributed by atoms with Crippen molar-refractivity contribution in [3.63, 3.8) is 0 Å². The minimum absolute atomic E-state index is 0.218. The number of halogens is 1. The van der Waals surface area contributed by atoms with E-state index in [1.165, 1.54) is 12.1 Å². The molecule has 0 saturated carbocycles. The highest BCUT2D eigenvalue weighted by Gasteiger charge is 2.12. The summed E-state index contributed by atoms with van der Waals surface area (Å²) in [5.74, 6) is -0.559. The molecule has 0 aliphatic rings. The van der Waals surface area contributed by atoms with Crippen LogP contribution in [0, 0.1) is 19.7 Å². The van der Waals surface area contributed by atoms with Crippen LogP contribution in [-0.2, 0) is 6.54 Å². The summed E-state index contributed by atoms with van der Waals surface area (Å²) in [5.41, 5.74) is 3.29. The Balaban J connectivity index is 1.83. The molecule has 1 amide bonds. The lowest BCUT2D eigenvalue weighted by molar-refractivity contribution is 0.0949. The Morgan fingerprint density at radius 3 is 2.74 bits per heavy atom. The highest BCUT2D eigenvalue weighted by molar-refractivity contribution is 5.98. The number of carbonyl (C=O) groups is 1. The van der Waals surface area contributed by atoms with Gasteiger partial charge < -0.3 is 5.32 Å². The van der Waals surface area contributed by atoms with Crippen LogP contribution in [0.2, 0.25) is 0 Å². The summed E-state index contributed by atoms with van der Waals surface area (Å²) < 4.78 is 13.2. The SMILES string of the molecule is Cc1cccc(CNC(=O)c2cc3ccc(F)cc3nc2C)n1. The fraction of sp³-hybridized carbons (Fsp3) is 0.167. The van der Waals surface area contributed by atoms with Crippen molar-refractivity contribution in [1.82, 2.24) is 15.3 Å². The lowest BCUT2D eigenvalue weighted by Gasteiger charge is -2.09. The summed E-state index contributed by atoms with van der Waals surface area (Å²) in [5, 5.41) is 3.58. The molecule has 0 aliphatic carbocycles. The van der Waals surface area contributed by atoms with Gasteiger partial charge in [0.2, 0.25) is 0 Å². The van der Waals surface area contributed by atoms with Gasteiger partial charge in [0.15, 0.2) is 0 Å². The van der Waals surface area contributed by atoms with E-state index in [2.05, 4.69) is 15.3 Å². The van der Waals surface area contributed by atoms with Gasteiger partial charge in [-0.15, -0.1) is 0 Å². The van der Waals surface area contributed by atoms with E-state index in [1.807, 2.05) is 25.1 Å². The second-order valence-corrected chi connectivity index (χ2v) is 5.41. The number of nitrogens with zero attached hydrogens (tertiary/aromatic N) is 2. The number of hydrogen-bond donors (Lipinski definition) is 1. The van der Waals surface area contributed by atoms with Gasteiger partial charge >= 0.3 is 0 Å². The number of amides is 1. The van der Waals surface area contributed by atoms with E-state index in [4.69, 9.17) is 0 Å². The molecule has 3 rings (SSSR count). The maximum atomic E-state index is 13.2. The molecule has 3 aromatic rings. The minimum Gasteiger partial charge on any atom is -0.346 e. The number of nitrogens with one attached hydrogen (secondary N) is 1. The van der Waals surface area contributed by atoms with Crippen molar-refractivity contribution in [2.75, 3.05) is 0 Å². The minimum atomic E-state index is -0.341. The van der Waals surface area contributed by atoms with Crippen molar-refractivity contribution < 1.29 is 9.18 Å². The van der Waals surface area contributed by atoms with Crippen molar-refractivity contribution >= 4 is 16.8 Å². The van der Waals surface area contributed by atoms with Crippen molar-refractivity contribution in [2.45, 2.75) is 20.4 Å². The van der Waals surface area contributed by atoms with Crippen molar-refractivity contribution in [3.05, 3.63) is 70.9 Å². The first-order valence-electron chi connectivity index (χ1n) is 7.30. The third-order valence-corrected chi connectivity index (χ3v) is 3.59. The molecule has 5 heteroatoms. The van der Waals surface area contributed by atoms with Crippen LogP contribution < -0.4 is 5.32 Å². The molecule has 0 atom stereocenters. The summed E-state index contributed by atoms with van der Waals surface area (Å²) in [6, 6.07) is 11.7. The second kappa shape index (κ2) is 6.12. The normalized spacial score (nSPS) is 10.7. The fourth-order valence-electron chi connectivity index (χ4n) is 2.43. The van der Waals surface area contributed by atoms with Crippen LogP contribution in [0.15, 0.2) is 42.5 Å². The van der Waals surface area contributed by atoms with Crippen LogP contribution in [-0.4, -0.2) is 15.9 Å². The van der Waals surface area contributed by atoms with E-state index in [9.17, 15) is 9.18 Å². The maximum absolute atomic E-state index is 13.2. The number of aromatic nitrogens is 2. The van der Waals surface area contributed by atoms with Gasteiger partial charge in [0.1, 0.15) is 5.82 Å². The molecule has 1 N–H and O–H groups in total. The lowest BCUT2D eigenvalue weighted by Crippen LogP contribution is -2.24. The standard InChI is InChI=1S/C18H16FN3O/c1-11-4-3-5-15(21-11)10-20-18(23)16-8-13-6-7-14(19)9-17(13)22-12(16)2/h3-9H,10H2,1-2H3,(H,20,23). The largest absolute Gasteiger partial charge is 0.346 e. The Bertz CT molecular complexity index is 893. The van der Waals surface area contributed by atoms with Crippen molar-refractivity contribution in [3.8, 4) is 0 Å². The Labute approximate surface area is 133 Å². The highest BCUT2D eigenvalue weighted by atomic mass is 19.1. The van der Waals surface area contributed by atoms with Crippen molar-refractivity contribution in [2.24, 2.45) is 0 Å². The Morgan fingerprint density at radius 2 is 1.96 bits per heavy atom. The van der Waals surface area contributed by atoms with E-state index in [0.717, 1.165) is 16.8 Å². The number of aryl methyl sites for hydroxylation is 2. The zero-order chi connectivity index (χ0) is 16.4. The van der Waals surface area contributed by atoms with Gasteiger partial charge in [-0.05, 0) is 44.2 Å². The molecule has 2 aromatic heterocycles. The Hall–Kier alpha value is -2.82. The molecular formula is C18H16FN3O. The summed E-state index contributed by atoms with van der Waals surface area (Å²) in [4.78, 5) is 21.0. The van der Waals surface area contributed by atoms with Crippen LogP contribution in [0.4, 0.5) is 4.39 Å². The van der Waals surface area contributed by atoms with Crippen LogP contribution in [0.1, 0.15) is 27.4 Å². The molecule has 0 aliphatic heterocycles. The van der Waals surface area contributed by atoms with Gasteiger partial charge in [0, 0.05) is 17.1 Å². The number of benzene rings is 1. The number of hydrogen-bond acceptors (Lipinski definition) is 3. The average Bonchev–Trinajstić information content (AvgIpc) is 2.52. The molecule has 1 aromatic carbocycles. The molecule has 0 spiro atoms. The molecule has 23 heavy (non-hydrogen) atoms. The van der Waals surface area contributed by atoms with E-state index in [1.54, 1.807) is 19.1 Å². The van der Waals surface area contributed by atoms with Gasteiger partial charge in [0.05, 0.1) is 29.0 Å². The van der Waals surface area contributed by atoms with Gasteiger partial charge in [0.25, 0.3) is 5.91 Å². The van der Waals surface area contributed by atoms with E-state index >= 15 is 0 Å². The Kier molecular flexibility index (Phi) is 4.02. The van der Waals surface area contributed by atoms with E-state index in [0.29, 0.717) is 23.3 Å². The molecule has 4 nitrogen and oxygen atoms in total. The second-order valence-electron chi connectivity index (χ2n) is 5.41. The van der Waals surface area contributed by atoms with Gasteiger partial charge in [-0.2, -0.15) is 0 Å². The molecule has 2 heterocycles. The molecule has 0 fully saturated rings. The van der Waals surface area contributed by atoms with Gasteiger partial charge in [-0.25, -0.2) is 4.39 Å². The molecule has 0 saturated heterocycles. The first-order chi connectivity index (χ1) is 11.0. The number of rotatable bonds is 3. The topological polar surface area (TPSA) is 54.9 Å². The molecule has 0 unspecified atom stereocenters. The third-order valence-electron chi connectivity index (χ3n) is 3.59. The zero-order valence-electron chi connectivity index (χ0n) is 12.9. The average molecular weight is 309 g/mol. The predicted molar refractivity (Wildman–Crippen MR) is 86.6 cm³/mol. The van der Waals surface area contributed by atoms with Crippen molar-refractivity contribution in [1.29, 1.82) is 0 Å². The molecule has 116 valence electrons. The van der Waals surface area contributed by atoms with E-state index < -0.39 is 0 Å². The number of pyridine rings is 2. The van der Waals surface area contributed by atoms with Crippen LogP contribution in [0.25, 0.3) is 10.9 Å². The van der Waals surface area contributed by atoms with E-state index in [-0.39, 0.29) is 11.7 Å². The monoisotopic (exact) mass is 309 g/mol. The summed E-state index contributed by atoms with van der Waals surface area (Å²) in [7, 11) is 0. The van der Waals surface area contributed by atoms with Crippen LogP contribution in [0.3, 0.4) is 0 Å². The third kappa shape index (κ3) is 3.34. The molecular weight excluding hydrogens is 293 g/mol. The first-order valence-corrected chi connectivity index (χ1v) is 7.30. The first kappa shape index (κ1) is 15.1. The molecule has 0 radical (unpaired) electrons. The molecule has 0 bridgehead atoms. The quantitative estimate of drug-likeness (QED) is 0.807. The predicted octanol–water partition coefficient (Wildman–Crippen LogP) is 3.32. The van der Waals surface area contributed by atoms with Crippen LogP contribution in [0.5, 0.6) is 0 Å². The summed E-state index contributed by atoms with van der Waals surface area (Å²) in [6.07, 6.45) is 0. The lowest BCUT2D eigenvalue weighted by atomic mass is 10.1. The smallest absolute Gasteiger partial charge is 0.253 e. The fourth-order valence-corrected chi connectivity index (χ4v) is 2.43. The summed E-state index contributed by atoms with van der Waals surface area (Å²) >= 11 is 0. The van der Waals surface area contributed by atoms with Crippen LogP contribution >= 0.6 is 0 Å². The summed E-state index contributed by atoms with van der Waals surface area (Å²) in [6.45, 7) is 3.99. The highest BCUT2D eigenvalue weighted by Crippen LogP contribution is 2.17. The van der Waals surface area contributed by atoms with Gasteiger partial charge in [-0.1, -0.05) is 6.07 Å². The van der Waals surface area contributed by atoms with Gasteiger partial charge in [-0.3, -0.25) is 14.8 Å². The number of fused-ring (bicyclic) bond motifs is 1.